The van der Waals surface area contributed by atoms with Crippen molar-refractivity contribution in [2.24, 2.45) is 0 Å². The van der Waals surface area contributed by atoms with E-state index in [9.17, 15) is 0 Å². The molecule has 1 rings (SSSR count). The van der Waals surface area contributed by atoms with Gasteiger partial charge in [-0.1, -0.05) is 12.1 Å². The van der Waals surface area contributed by atoms with E-state index in [1.807, 2.05) is 24.3 Å². The minimum atomic E-state index is 0. The second-order valence-electron chi connectivity index (χ2n) is 1.44. The molecule has 1 aromatic rings. The number of ether oxygens (including phenoxy) is 1. The van der Waals surface area contributed by atoms with Crippen LogP contribution in [-0.2, 0) is 0 Å². The van der Waals surface area contributed by atoms with Gasteiger partial charge >= 0.3 is 51.4 Å². The Morgan fingerprint density at radius 1 is 1.33 bits per heavy atom. The SMILES string of the molecule is COc1cc[c]cc1.[KH]. The average molecular weight is 147 g/mol. The molecular formula is C7H8KO. The fourth-order valence-electron chi connectivity index (χ4n) is 0.508. The number of hydrogen-bond donors (Lipinski definition) is 0. The maximum absolute atomic E-state index is 4.89. The van der Waals surface area contributed by atoms with Crippen LogP contribution in [0.15, 0.2) is 24.3 Å². The van der Waals surface area contributed by atoms with E-state index in [1.165, 1.54) is 0 Å². The van der Waals surface area contributed by atoms with Gasteiger partial charge in [-0.25, -0.2) is 0 Å². The van der Waals surface area contributed by atoms with Crippen LogP contribution in [0.25, 0.3) is 0 Å². The van der Waals surface area contributed by atoms with Crippen LogP contribution < -0.4 is 4.74 Å². The molecule has 2 heteroatoms. The van der Waals surface area contributed by atoms with E-state index in [4.69, 9.17) is 4.74 Å². The van der Waals surface area contributed by atoms with E-state index >= 15 is 0 Å². The molecule has 0 aromatic heterocycles. The zero-order chi connectivity index (χ0) is 5.82. The van der Waals surface area contributed by atoms with Crippen LogP contribution in [0, 0.1) is 6.07 Å². The first-order valence-electron chi connectivity index (χ1n) is 2.43. The third-order valence-corrected chi connectivity index (χ3v) is 0.923. The van der Waals surface area contributed by atoms with Crippen LogP contribution in [-0.4, -0.2) is 58.5 Å². The molecule has 0 fully saturated rings. The Bertz CT molecular complexity index is 150. The van der Waals surface area contributed by atoms with Crippen LogP contribution in [0.2, 0.25) is 0 Å². The van der Waals surface area contributed by atoms with Crippen LogP contribution in [0.1, 0.15) is 0 Å². The van der Waals surface area contributed by atoms with Crippen molar-refractivity contribution in [3.8, 4) is 5.75 Å². The summed E-state index contributed by atoms with van der Waals surface area (Å²) in [5.74, 6) is 0.878. The van der Waals surface area contributed by atoms with Crippen molar-refractivity contribution in [1.82, 2.24) is 0 Å². The van der Waals surface area contributed by atoms with Crippen molar-refractivity contribution in [3.05, 3.63) is 30.3 Å². The summed E-state index contributed by atoms with van der Waals surface area (Å²) in [5.41, 5.74) is 0. The van der Waals surface area contributed by atoms with Gasteiger partial charge in [0, 0.05) is 0 Å². The normalized spacial score (nSPS) is 7.67. The van der Waals surface area contributed by atoms with E-state index in [0.717, 1.165) is 5.75 Å². The Morgan fingerprint density at radius 3 is 2.22 bits per heavy atom. The fourth-order valence-corrected chi connectivity index (χ4v) is 0.508. The molecule has 1 radical (unpaired) electrons. The molecule has 1 nitrogen and oxygen atoms in total. The monoisotopic (exact) mass is 147 g/mol. The fraction of sp³-hybridized carbons (Fsp3) is 0.143. The van der Waals surface area contributed by atoms with Gasteiger partial charge in [-0.2, -0.15) is 0 Å². The molecule has 0 amide bonds. The molecule has 0 aliphatic carbocycles. The van der Waals surface area contributed by atoms with Gasteiger partial charge in [0.15, 0.2) is 0 Å². The average Bonchev–Trinajstić information content (AvgIpc) is 1.90. The number of hydrogen-bond acceptors (Lipinski definition) is 1. The van der Waals surface area contributed by atoms with Gasteiger partial charge in [-0.05, 0) is 18.2 Å². The Labute approximate surface area is 97.8 Å². The first kappa shape index (κ1) is 9.66. The molecule has 9 heavy (non-hydrogen) atoms. The van der Waals surface area contributed by atoms with Crippen molar-refractivity contribution in [3.63, 3.8) is 0 Å². The van der Waals surface area contributed by atoms with Gasteiger partial charge in [0.1, 0.15) is 5.75 Å². The summed E-state index contributed by atoms with van der Waals surface area (Å²) in [7, 11) is 1.65. The van der Waals surface area contributed by atoms with Gasteiger partial charge < -0.3 is 4.74 Å². The molecule has 0 N–H and O–H groups in total. The van der Waals surface area contributed by atoms with Crippen molar-refractivity contribution in [2.75, 3.05) is 7.11 Å². The topological polar surface area (TPSA) is 9.23 Å². The summed E-state index contributed by atoms with van der Waals surface area (Å²) in [6, 6.07) is 10.2. The summed E-state index contributed by atoms with van der Waals surface area (Å²) in [5, 5.41) is 0. The predicted molar refractivity (Wildman–Crippen MR) is 39.0 cm³/mol. The molecule has 0 atom stereocenters. The third-order valence-electron chi connectivity index (χ3n) is 0.923. The summed E-state index contributed by atoms with van der Waals surface area (Å²) in [6.45, 7) is 0. The van der Waals surface area contributed by atoms with Crippen molar-refractivity contribution in [2.45, 2.75) is 0 Å². The number of rotatable bonds is 1. The van der Waals surface area contributed by atoms with E-state index in [2.05, 4.69) is 6.07 Å². The van der Waals surface area contributed by atoms with Crippen molar-refractivity contribution < 1.29 is 4.74 Å². The Balaban J connectivity index is 0.000000640. The molecule has 0 aliphatic heterocycles. The quantitative estimate of drug-likeness (QED) is 0.535. The van der Waals surface area contributed by atoms with Crippen molar-refractivity contribution >= 4 is 51.4 Å². The summed E-state index contributed by atoms with van der Waals surface area (Å²) >= 11 is 0. The second-order valence-corrected chi connectivity index (χ2v) is 1.44. The number of benzene rings is 1. The molecule has 0 heterocycles. The van der Waals surface area contributed by atoms with E-state index < -0.39 is 0 Å². The van der Waals surface area contributed by atoms with E-state index in [-0.39, 0.29) is 51.4 Å². The first-order chi connectivity index (χ1) is 3.93. The van der Waals surface area contributed by atoms with Gasteiger partial charge in [0.05, 0.1) is 7.11 Å². The second kappa shape index (κ2) is 5.44. The van der Waals surface area contributed by atoms with Crippen LogP contribution in [0.3, 0.4) is 0 Å². The van der Waals surface area contributed by atoms with Gasteiger partial charge in [-0.15, -0.1) is 0 Å². The summed E-state index contributed by atoms with van der Waals surface area (Å²) < 4.78 is 4.89. The van der Waals surface area contributed by atoms with E-state index in [0.29, 0.717) is 0 Å². The van der Waals surface area contributed by atoms with Crippen LogP contribution in [0.4, 0.5) is 0 Å². The molecule has 0 unspecified atom stereocenters. The van der Waals surface area contributed by atoms with Crippen LogP contribution in [0.5, 0.6) is 5.75 Å². The molecule has 0 saturated carbocycles. The molecular weight excluding hydrogens is 139 g/mol. The molecule has 0 bridgehead atoms. The van der Waals surface area contributed by atoms with Crippen LogP contribution >= 0.6 is 0 Å². The Hall–Kier alpha value is 0.656. The predicted octanol–water partition coefficient (Wildman–Crippen LogP) is 0.847. The molecule has 43 valence electrons. The zero-order valence-electron chi connectivity index (χ0n) is 4.72. The van der Waals surface area contributed by atoms with E-state index in [1.54, 1.807) is 7.11 Å². The standard InChI is InChI=1S/C7H7O.K.H/c1-8-7-5-3-2-4-6-7;;/h3-6H,1H3;;. The molecule has 0 spiro atoms. The third kappa shape index (κ3) is 3.38. The van der Waals surface area contributed by atoms with Gasteiger partial charge in [0.25, 0.3) is 0 Å². The van der Waals surface area contributed by atoms with Crippen molar-refractivity contribution in [1.29, 1.82) is 0 Å². The Kier molecular flexibility index (Phi) is 5.84. The van der Waals surface area contributed by atoms with Gasteiger partial charge in [0.2, 0.25) is 0 Å². The minimum absolute atomic E-state index is 0. The maximum atomic E-state index is 4.89. The number of methoxy groups -OCH3 is 1. The Morgan fingerprint density at radius 2 is 1.89 bits per heavy atom. The first-order valence-corrected chi connectivity index (χ1v) is 2.43. The molecule has 0 aliphatic rings. The van der Waals surface area contributed by atoms with Gasteiger partial charge in [-0.3, -0.25) is 0 Å². The molecule has 0 saturated heterocycles. The zero-order valence-corrected chi connectivity index (χ0v) is 4.72. The molecule has 1 aromatic carbocycles. The summed E-state index contributed by atoms with van der Waals surface area (Å²) in [6.07, 6.45) is 0. The summed E-state index contributed by atoms with van der Waals surface area (Å²) in [4.78, 5) is 0.